The summed E-state index contributed by atoms with van der Waals surface area (Å²) in [5.74, 6) is -3.97. The first kappa shape index (κ1) is 25.2. The number of carbonyl (C=O) groups excluding carboxylic acids is 1. The van der Waals surface area contributed by atoms with Gasteiger partial charge >= 0.3 is 12.1 Å². The van der Waals surface area contributed by atoms with Crippen molar-refractivity contribution >= 4 is 23.1 Å². The van der Waals surface area contributed by atoms with E-state index in [0.29, 0.717) is 62.1 Å². The van der Waals surface area contributed by atoms with Gasteiger partial charge in [-0.05, 0) is 50.7 Å². The van der Waals surface area contributed by atoms with Gasteiger partial charge < -0.3 is 19.3 Å². The van der Waals surface area contributed by atoms with Crippen LogP contribution < -0.4 is 0 Å². The van der Waals surface area contributed by atoms with Gasteiger partial charge in [0, 0.05) is 23.6 Å². The fourth-order valence-electron chi connectivity index (χ4n) is 5.85. The van der Waals surface area contributed by atoms with Crippen molar-refractivity contribution in [2.45, 2.75) is 63.5 Å². The minimum atomic E-state index is -3.17. The number of nitrogens with zero attached hydrogens (tertiary/aromatic N) is 3. The van der Waals surface area contributed by atoms with E-state index in [-0.39, 0.29) is 11.5 Å². The Balaban J connectivity index is 1.63. The maximum atomic E-state index is 15.9. The molecule has 1 aliphatic heterocycles. The third kappa shape index (κ3) is 4.45. The summed E-state index contributed by atoms with van der Waals surface area (Å²) >= 11 is 0. The molecule has 2 aromatic carbocycles. The number of methoxy groups -OCH3 is 1. The lowest BCUT2D eigenvalue weighted by Gasteiger charge is -2.31. The number of alkyl halides is 2. The summed E-state index contributed by atoms with van der Waals surface area (Å²) in [5, 5.41) is 9.44. The predicted octanol–water partition coefficient (Wildman–Crippen LogP) is 5.87. The summed E-state index contributed by atoms with van der Waals surface area (Å²) in [5.41, 5.74) is 3.05. The molecule has 9 heteroatoms. The van der Waals surface area contributed by atoms with E-state index in [0.717, 1.165) is 11.1 Å². The van der Waals surface area contributed by atoms with Crippen LogP contribution in [0.5, 0.6) is 0 Å². The highest BCUT2D eigenvalue weighted by atomic mass is 19.3. The number of hydrogen-bond donors (Lipinski definition) is 1. The van der Waals surface area contributed by atoms with Crippen LogP contribution in [-0.4, -0.2) is 45.3 Å². The molecule has 196 valence electrons. The average molecular weight is 512 g/mol. The topological polar surface area (TPSA) is 84.7 Å². The molecule has 1 aliphatic carbocycles. The van der Waals surface area contributed by atoms with Crippen molar-refractivity contribution in [2.24, 2.45) is 5.92 Å². The van der Waals surface area contributed by atoms with Crippen LogP contribution in [0.3, 0.4) is 0 Å². The first-order valence-corrected chi connectivity index (χ1v) is 12.7. The summed E-state index contributed by atoms with van der Waals surface area (Å²) in [6.45, 7) is 2.33. The highest BCUT2D eigenvalue weighted by molar-refractivity contribution is 5.82. The van der Waals surface area contributed by atoms with Crippen molar-refractivity contribution in [2.75, 3.05) is 13.7 Å². The first-order chi connectivity index (χ1) is 17.7. The van der Waals surface area contributed by atoms with Gasteiger partial charge in [-0.15, -0.1) is 0 Å². The Morgan fingerprint density at radius 2 is 1.81 bits per heavy atom. The number of carbonyl (C=O) groups is 2. The Morgan fingerprint density at radius 1 is 1.11 bits per heavy atom. The molecule has 0 spiro atoms. The minimum Gasteiger partial charge on any atom is -0.481 e. The van der Waals surface area contributed by atoms with E-state index < -0.39 is 29.9 Å². The first-order valence-electron chi connectivity index (χ1n) is 12.7. The van der Waals surface area contributed by atoms with Crippen molar-refractivity contribution in [3.63, 3.8) is 0 Å². The van der Waals surface area contributed by atoms with Crippen molar-refractivity contribution in [3.8, 4) is 0 Å². The number of carboxylic acid groups (broad SMARTS) is 1. The number of imidazole rings is 1. The molecule has 1 aromatic heterocycles. The Labute approximate surface area is 214 Å². The van der Waals surface area contributed by atoms with Gasteiger partial charge in [-0.3, -0.25) is 4.79 Å². The number of aliphatic carboxylic acids is 1. The predicted molar refractivity (Wildman–Crippen MR) is 134 cm³/mol. The molecule has 0 radical (unpaired) electrons. The Morgan fingerprint density at radius 3 is 2.46 bits per heavy atom. The molecule has 1 amide bonds. The summed E-state index contributed by atoms with van der Waals surface area (Å²) in [6, 6.07) is 10.4. The van der Waals surface area contributed by atoms with E-state index in [4.69, 9.17) is 9.72 Å². The van der Waals surface area contributed by atoms with Crippen LogP contribution in [0.4, 0.5) is 13.6 Å². The van der Waals surface area contributed by atoms with Gasteiger partial charge in [-0.1, -0.05) is 36.4 Å². The summed E-state index contributed by atoms with van der Waals surface area (Å²) in [4.78, 5) is 30.3. The molecule has 1 fully saturated rings. The number of halogens is 2. The molecule has 0 saturated heterocycles. The number of fused-ring (bicyclic) bond motifs is 3. The van der Waals surface area contributed by atoms with E-state index in [1.54, 1.807) is 27.7 Å². The van der Waals surface area contributed by atoms with E-state index in [2.05, 4.69) is 0 Å². The van der Waals surface area contributed by atoms with E-state index in [1.807, 2.05) is 12.1 Å². The van der Waals surface area contributed by atoms with Gasteiger partial charge in [0.1, 0.15) is 11.9 Å². The Kier molecular flexibility index (Phi) is 6.64. The van der Waals surface area contributed by atoms with E-state index in [1.165, 1.54) is 26.2 Å². The van der Waals surface area contributed by atoms with Gasteiger partial charge in [-0.2, -0.15) is 8.78 Å². The molecule has 7 nitrogen and oxygen atoms in total. The number of carboxylic acids is 1. The number of ether oxygens (including phenoxy) is 1. The van der Waals surface area contributed by atoms with Gasteiger partial charge in [0.05, 0.1) is 30.6 Å². The lowest BCUT2D eigenvalue weighted by atomic mass is 9.81. The molecule has 5 rings (SSSR count). The number of benzene rings is 2. The molecule has 0 unspecified atom stereocenters. The second kappa shape index (κ2) is 9.76. The largest absolute Gasteiger partial charge is 0.481 e. The SMILES string of the molecule is COC(=O)N1CCc2ccc3c(nc([C@H]4CC[C@H](C(=O)O)CC4)n3[C@H](C)C(F)(F)c3ccccc3)c2C1. The Bertz CT molecular complexity index is 1320. The molecule has 1 atom stereocenters. The fraction of sp³-hybridized carbons (Fsp3) is 0.464. The van der Waals surface area contributed by atoms with E-state index in [9.17, 15) is 14.7 Å². The van der Waals surface area contributed by atoms with Crippen LogP contribution in [0.2, 0.25) is 0 Å². The van der Waals surface area contributed by atoms with Gasteiger partial charge in [0.25, 0.3) is 5.92 Å². The minimum absolute atomic E-state index is 0.0697. The Hall–Kier alpha value is -3.49. The molecule has 37 heavy (non-hydrogen) atoms. The monoisotopic (exact) mass is 511 g/mol. The van der Waals surface area contributed by atoms with Crippen molar-refractivity contribution in [3.05, 3.63) is 65.0 Å². The van der Waals surface area contributed by atoms with E-state index >= 15 is 8.78 Å². The third-order valence-electron chi connectivity index (χ3n) is 8.04. The quantitative estimate of drug-likeness (QED) is 0.463. The van der Waals surface area contributed by atoms with Crippen LogP contribution in [-0.2, 0) is 28.4 Å². The maximum absolute atomic E-state index is 15.9. The molecule has 2 heterocycles. The van der Waals surface area contributed by atoms with Crippen LogP contribution in [0.15, 0.2) is 42.5 Å². The lowest BCUT2D eigenvalue weighted by molar-refractivity contribution is -0.142. The molecule has 1 saturated carbocycles. The van der Waals surface area contributed by atoms with Gasteiger partial charge in [-0.25, -0.2) is 9.78 Å². The number of rotatable bonds is 5. The van der Waals surface area contributed by atoms with Crippen LogP contribution >= 0.6 is 0 Å². The highest BCUT2D eigenvalue weighted by Gasteiger charge is 2.43. The van der Waals surface area contributed by atoms with Crippen LogP contribution in [0, 0.1) is 5.92 Å². The van der Waals surface area contributed by atoms with Gasteiger partial charge in [0.15, 0.2) is 0 Å². The summed E-state index contributed by atoms with van der Waals surface area (Å²) < 4.78 is 38.4. The maximum Gasteiger partial charge on any atom is 0.409 e. The number of aromatic nitrogens is 2. The number of amides is 1. The van der Waals surface area contributed by atoms with Gasteiger partial charge in [0.2, 0.25) is 0 Å². The second-order valence-electron chi connectivity index (χ2n) is 10.1. The number of hydrogen-bond acceptors (Lipinski definition) is 4. The molecular formula is C28H31F2N3O4. The standard InChI is InChI=1S/C28H31F2N3O4/c1-17(28(29,30)21-6-4-3-5-7-21)33-23-13-12-18-14-15-32(27(36)37-2)16-22(18)24(23)31-25(33)19-8-10-20(11-9-19)26(34)35/h3-7,12-13,17,19-20H,8-11,14-16H2,1-2H3,(H,34,35)/t17-,19-,20-/m1/s1. The second-order valence-corrected chi connectivity index (χ2v) is 10.1. The average Bonchev–Trinajstić information content (AvgIpc) is 3.32. The summed E-state index contributed by atoms with van der Waals surface area (Å²) in [6.07, 6.45) is 2.31. The molecule has 1 N–H and O–H groups in total. The van der Waals surface area contributed by atoms with Crippen molar-refractivity contribution in [1.29, 1.82) is 0 Å². The summed E-state index contributed by atoms with van der Waals surface area (Å²) in [7, 11) is 1.34. The molecule has 0 bridgehead atoms. The fourth-order valence-corrected chi connectivity index (χ4v) is 5.85. The zero-order valence-corrected chi connectivity index (χ0v) is 21.0. The van der Waals surface area contributed by atoms with Crippen LogP contribution in [0.25, 0.3) is 11.0 Å². The molecule has 2 aliphatic rings. The highest BCUT2D eigenvalue weighted by Crippen LogP contribution is 2.45. The van der Waals surface area contributed by atoms with Crippen molar-refractivity contribution < 1.29 is 28.2 Å². The zero-order valence-electron chi connectivity index (χ0n) is 21.0. The zero-order chi connectivity index (χ0) is 26.3. The third-order valence-corrected chi connectivity index (χ3v) is 8.04. The van der Waals surface area contributed by atoms with Crippen LogP contribution in [0.1, 0.15) is 67.1 Å². The van der Waals surface area contributed by atoms with Crippen molar-refractivity contribution in [1.82, 2.24) is 14.5 Å². The smallest absolute Gasteiger partial charge is 0.409 e. The molecular weight excluding hydrogens is 480 g/mol. The molecule has 3 aromatic rings. The normalized spacial score (nSPS) is 20.9. The lowest BCUT2D eigenvalue weighted by Crippen LogP contribution is -2.36.